The smallest absolute Gasteiger partial charge is 0.227 e. The summed E-state index contributed by atoms with van der Waals surface area (Å²) in [5, 5.41) is 6.55. The molecule has 6 nitrogen and oxygen atoms in total. The molecule has 2 aromatic carbocycles. The van der Waals surface area contributed by atoms with E-state index in [2.05, 4.69) is 21.7 Å². The molecule has 0 aliphatic carbocycles. The molecule has 1 heterocycles. The maximum Gasteiger partial charge on any atom is 0.227 e. The fourth-order valence-electron chi connectivity index (χ4n) is 3.43. The SMILES string of the molecule is CN=C(NCCCC(=O)N1CCc2ccccc21)NCc1ccccc1OC.I. The number of methoxy groups -OCH3 is 1. The average Bonchev–Trinajstić information content (AvgIpc) is 3.17. The largest absolute Gasteiger partial charge is 0.496 e. The Hall–Kier alpha value is -2.29. The Balaban J connectivity index is 0.00000300. The molecule has 0 aromatic heterocycles. The lowest BCUT2D eigenvalue weighted by Crippen LogP contribution is -2.38. The normalized spacial score (nSPS) is 12.8. The Bertz CT molecular complexity index is 841. The number of hydrogen-bond donors (Lipinski definition) is 2. The van der Waals surface area contributed by atoms with Gasteiger partial charge in [0.25, 0.3) is 0 Å². The van der Waals surface area contributed by atoms with Gasteiger partial charge in [0, 0.05) is 44.4 Å². The highest BCUT2D eigenvalue weighted by Crippen LogP contribution is 2.27. The molecule has 1 amide bonds. The molecule has 1 aliphatic rings. The maximum absolute atomic E-state index is 12.5. The Morgan fingerprint density at radius 3 is 2.69 bits per heavy atom. The number of fused-ring (bicyclic) bond motifs is 1. The summed E-state index contributed by atoms with van der Waals surface area (Å²) < 4.78 is 5.37. The van der Waals surface area contributed by atoms with Crippen LogP contribution in [-0.2, 0) is 17.8 Å². The van der Waals surface area contributed by atoms with E-state index < -0.39 is 0 Å². The van der Waals surface area contributed by atoms with Crippen LogP contribution in [0.25, 0.3) is 0 Å². The predicted molar refractivity (Wildman–Crippen MR) is 128 cm³/mol. The lowest BCUT2D eigenvalue weighted by molar-refractivity contribution is -0.118. The number of amides is 1. The van der Waals surface area contributed by atoms with E-state index in [0.717, 1.165) is 36.4 Å². The van der Waals surface area contributed by atoms with E-state index >= 15 is 0 Å². The van der Waals surface area contributed by atoms with Gasteiger partial charge in [-0.25, -0.2) is 0 Å². The molecule has 3 rings (SSSR count). The minimum atomic E-state index is 0. The molecule has 156 valence electrons. The summed E-state index contributed by atoms with van der Waals surface area (Å²) in [4.78, 5) is 18.7. The number of aliphatic imine (C=N–C) groups is 1. The molecule has 0 fully saturated rings. The van der Waals surface area contributed by atoms with E-state index in [1.165, 1.54) is 5.56 Å². The summed E-state index contributed by atoms with van der Waals surface area (Å²) in [5.74, 6) is 1.75. The van der Waals surface area contributed by atoms with Crippen LogP contribution in [0.1, 0.15) is 24.0 Å². The third-order valence-electron chi connectivity index (χ3n) is 4.91. The quantitative estimate of drug-likeness (QED) is 0.261. The number of nitrogens with one attached hydrogen (secondary N) is 2. The van der Waals surface area contributed by atoms with Gasteiger partial charge in [0.05, 0.1) is 7.11 Å². The van der Waals surface area contributed by atoms with Gasteiger partial charge < -0.3 is 20.3 Å². The van der Waals surface area contributed by atoms with Crippen molar-refractivity contribution in [3.63, 3.8) is 0 Å². The van der Waals surface area contributed by atoms with E-state index in [4.69, 9.17) is 4.74 Å². The molecule has 29 heavy (non-hydrogen) atoms. The van der Waals surface area contributed by atoms with E-state index in [9.17, 15) is 4.79 Å². The van der Waals surface area contributed by atoms with E-state index in [0.29, 0.717) is 25.5 Å². The van der Waals surface area contributed by atoms with Gasteiger partial charge in [0.15, 0.2) is 5.96 Å². The Labute approximate surface area is 189 Å². The van der Waals surface area contributed by atoms with Crippen molar-refractivity contribution < 1.29 is 9.53 Å². The van der Waals surface area contributed by atoms with E-state index in [-0.39, 0.29) is 29.9 Å². The Morgan fingerprint density at radius 1 is 1.14 bits per heavy atom. The van der Waals surface area contributed by atoms with Crippen molar-refractivity contribution in [2.75, 3.05) is 32.1 Å². The first kappa shape index (κ1) is 23.0. The van der Waals surface area contributed by atoms with Gasteiger partial charge in [-0.15, -0.1) is 24.0 Å². The van der Waals surface area contributed by atoms with Crippen LogP contribution in [0.4, 0.5) is 5.69 Å². The van der Waals surface area contributed by atoms with Crippen LogP contribution in [0.3, 0.4) is 0 Å². The lowest BCUT2D eigenvalue weighted by atomic mass is 10.2. The number of rotatable bonds is 7. The molecule has 0 radical (unpaired) electrons. The predicted octanol–water partition coefficient (Wildman–Crippen LogP) is 3.35. The topological polar surface area (TPSA) is 66.0 Å². The van der Waals surface area contributed by atoms with Crippen LogP contribution in [0.5, 0.6) is 5.75 Å². The van der Waals surface area contributed by atoms with Crippen molar-refractivity contribution >= 4 is 41.5 Å². The number of hydrogen-bond acceptors (Lipinski definition) is 3. The first-order valence-corrected chi connectivity index (χ1v) is 9.67. The number of carbonyl (C=O) groups is 1. The summed E-state index contributed by atoms with van der Waals surface area (Å²) in [6.45, 7) is 2.09. The zero-order chi connectivity index (χ0) is 19.8. The van der Waals surface area contributed by atoms with Crippen LogP contribution in [0.2, 0.25) is 0 Å². The number of para-hydroxylation sites is 2. The average molecular weight is 508 g/mol. The van der Waals surface area contributed by atoms with Gasteiger partial charge >= 0.3 is 0 Å². The molecule has 0 spiro atoms. The van der Waals surface area contributed by atoms with Crippen molar-refractivity contribution in [3.8, 4) is 5.75 Å². The van der Waals surface area contributed by atoms with Crippen LogP contribution < -0.4 is 20.3 Å². The van der Waals surface area contributed by atoms with Crippen LogP contribution in [0, 0.1) is 0 Å². The van der Waals surface area contributed by atoms with Gasteiger partial charge in [0.1, 0.15) is 5.75 Å². The molecule has 0 unspecified atom stereocenters. The first-order chi connectivity index (χ1) is 13.7. The number of nitrogens with zero attached hydrogens (tertiary/aromatic N) is 2. The minimum absolute atomic E-state index is 0. The fraction of sp³-hybridized carbons (Fsp3) is 0.364. The number of carbonyl (C=O) groups excluding carboxylic acids is 1. The number of anilines is 1. The standard InChI is InChI=1S/C22H28N4O2.HI/c1-23-22(25-16-18-9-4-6-11-20(18)28-2)24-14-7-12-21(27)26-15-13-17-8-3-5-10-19(17)26;/h3-6,8-11H,7,12-16H2,1-2H3,(H2,23,24,25);1H. The summed E-state index contributed by atoms with van der Waals surface area (Å²) in [6.07, 6.45) is 2.22. The second-order valence-corrected chi connectivity index (χ2v) is 6.69. The third-order valence-corrected chi connectivity index (χ3v) is 4.91. The van der Waals surface area contributed by atoms with E-state index in [1.54, 1.807) is 14.2 Å². The number of guanidine groups is 1. The van der Waals surface area contributed by atoms with Gasteiger partial charge in [-0.2, -0.15) is 0 Å². The van der Waals surface area contributed by atoms with Crippen LogP contribution in [0.15, 0.2) is 53.5 Å². The lowest BCUT2D eigenvalue weighted by Gasteiger charge is -2.18. The Morgan fingerprint density at radius 2 is 1.90 bits per heavy atom. The second-order valence-electron chi connectivity index (χ2n) is 6.69. The van der Waals surface area contributed by atoms with Gasteiger partial charge in [-0.1, -0.05) is 36.4 Å². The number of halogens is 1. The van der Waals surface area contributed by atoms with Gasteiger partial charge in [-0.3, -0.25) is 9.79 Å². The minimum Gasteiger partial charge on any atom is -0.496 e. The zero-order valence-corrected chi connectivity index (χ0v) is 19.3. The van der Waals surface area contributed by atoms with Gasteiger partial charge in [0.2, 0.25) is 5.91 Å². The fourth-order valence-corrected chi connectivity index (χ4v) is 3.43. The number of ether oxygens (including phenoxy) is 1. The summed E-state index contributed by atoms with van der Waals surface area (Å²) in [6, 6.07) is 16.0. The van der Waals surface area contributed by atoms with E-state index in [1.807, 2.05) is 47.4 Å². The molecule has 0 saturated carbocycles. The highest BCUT2D eigenvalue weighted by Gasteiger charge is 2.23. The second kappa shape index (κ2) is 11.6. The molecule has 7 heteroatoms. The number of benzene rings is 2. The molecule has 2 aromatic rings. The highest BCUT2D eigenvalue weighted by molar-refractivity contribution is 14.0. The summed E-state index contributed by atoms with van der Waals surface area (Å²) in [5.41, 5.74) is 3.39. The maximum atomic E-state index is 12.5. The van der Waals surface area contributed by atoms with Crippen LogP contribution >= 0.6 is 24.0 Å². The molecule has 0 atom stereocenters. The molecular weight excluding hydrogens is 479 g/mol. The van der Waals surface area contributed by atoms with Crippen molar-refractivity contribution in [2.45, 2.75) is 25.8 Å². The first-order valence-electron chi connectivity index (χ1n) is 9.67. The molecule has 1 aliphatic heterocycles. The molecule has 2 N–H and O–H groups in total. The van der Waals surface area contributed by atoms with Crippen molar-refractivity contribution in [1.29, 1.82) is 0 Å². The highest BCUT2D eigenvalue weighted by atomic mass is 127. The zero-order valence-electron chi connectivity index (χ0n) is 17.0. The molecular formula is C22H29IN4O2. The molecule has 0 saturated heterocycles. The van der Waals surface area contributed by atoms with Crippen LogP contribution in [-0.4, -0.2) is 39.1 Å². The summed E-state index contributed by atoms with van der Waals surface area (Å²) in [7, 11) is 3.41. The monoisotopic (exact) mass is 508 g/mol. The van der Waals surface area contributed by atoms with Gasteiger partial charge in [-0.05, 0) is 30.5 Å². The third kappa shape index (κ3) is 6.09. The Kier molecular flexibility index (Phi) is 9.24. The van der Waals surface area contributed by atoms with Crippen molar-refractivity contribution in [3.05, 3.63) is 59.7 Å². The molecule has 0 bridgehead atoms. The summed E-state index contributed by atoms with van der Waals surface area (Å²) >= 11 is 0. The van der Waals surface area contributed by atoms with Crippen molar-refractivity contribution in [1.82, 2.24) is 10.6 Å². The van der Waals surface area contributed by atoms with Crippen molar-refractivity contribution in [2.24, 2.45) is 4.99 Å².